The molecule has 3 aromatic rings. The van der Waals surface area contributed by atoms with Crippen LogP contribution >= 0.6 is 0 Å². The van der Waals surface area contributed by atoms with Crippen molar-refractivity contribution in [3.8, 4) is 11.5 Å². The van der Waals surface area contributed by atoms with E-state index < -0.39 is 11.6 Å². The molecule has 3 amide bonds. The van der Waals surface area contributed by atoms with Gasteiger partial charge in [-0.3, -0.25) is 14.7 Å². The van der Waals surface area contributed by atoms with Gasteiger partial charge in [0.25, 0.3) is 5.91 Å². The molecule has 5 rings (SSSR count). The van der Waals surface area contributed by atoms with Gasteiger partial charge in [-0.05, 0) is 36.8 Å². The highest BCUT2D eigenvalue weighted by atomic mass is 16.7. The first-order chi connectivity index (χ1) is 13.5. The van der Waals surface area contributed by atoms with Crippen LogP contribution in [0.1, 0.15) is 18.2 Å². The van der Waals surface area contributed by atoms with E-state index in [0.29, 0.717) is 22.8 Å². The summed E-state index contributed by atoms with van der Waals surface area (Å²) in [6.07, 6.45) is 0. The molecule has 1 N–H and O–H groups in total. The SMILES string of the molecule is C[C@@]1(c2ccc3c(c2)OCO3)NC(=O)N(Cc2ccc3ccccc3n2)C1=O. The number of ether oxygens (including phenoxy) is 2. The summed E-state index contributed by atoms with van der Waals surface area (Å²) in [4.78, 5) is 31.5. The van der Waals surface area contributed by atoms with Crippen LogP contribution in [0.4, 0.5) is 4.79 Å². The van der Waals surface area contributed by atoms with Crippen LogP contribution in [0, 0.1) is 0 Å². The fourth-order valence-electron chi connectivity index (χ4n) is 3.60. The third-order valence-electron chi connectivity index (χ3n) is 5.20. The zero-order chi connectivity index (χ0) is 19.3. The van der Waals surface area contributed by atoms with Crippen LogP contribution in [0.2, 0.25) is 0 Å². The number of amides is 3. The number of para-hydroxylation sites is 1. The Hall–Kier alpha value is -3.61. The number of hydrogen-bond donors (Lipinski definition) is 1. The molecule has 0 aliphatic carbocycles. The second-order valence-electron chi connectivity index (χ2n) is 7.01. The molecule has 3 heterocycles. The van der Waals surface area contributed by atoms with Crippen molar-refractivity contribution in [1.82, 2.24) is 15.2 Å². The van der Waals surface area contributed by atoms with Gasteiger partial charge in [-0.15, -0.1) is 0 Å². The Labute approximate surface area is 160 Å². The smallest absolute Gasteiger partial charge is 0.325 e. The van der Waals surface area contributed by atoms with Crippen LogP contribution in [0.15, 0.2) is 54.6 Å². The third-order valence-corrected chi connectivity index (χ3v) is 5.20. The lowest BCUT2D eigenvalue weighted by Crippen LogP contribution is -2.40. The van der Waals surface area contributed by atoms with Crippen LogP contribution < -0.4 is 14.8 Å². The molecule has 1 atom stereocenters. The third kappa shape index (κ3) is 2.47. The Morgan fingerprint density at radius 3 is 2.79 bits per heavy atom. The van der Waals surface area contributed by atoms with Gasteiger partial charge in [-0.25, -0.2) is 4.79 Å². The molecule has 2 aliphatic rings. The maximum atomic E-state index is 13.1. The summed E-state index contributed by atoms with van der Waals surface area (Å²) in [6, 6.07) is 16.3. The molecule has 0 unspecified atom stereocenters. The second-order valence-corrected chi connectivity index (χ2v) is 7.01. The monoisotopic (exact) mass is 375 g/mol. The lowest BCUT2D eigenvalue weighted by Gasteiger charge is -2.22. The highest BCUT2D eigenvalue weighted by Gasteiger charge is 2.49. The van der Waals surface area contributed by atoms with Crippen molar-refractivity contribution in [2.24, 2.45) is 0 Å². The molecule has 0 spiro atoms. The van der Waals surface area contributed by atoms with E-state index in [-0.39, 0.29) is 19.2 Å². The number of rotatable bonds is 3. The predicted molar refractivity (Wildman–Crippen MR) is 101 cm³/mol. The number of carbonyl (C=O) groups is 2. The topological polar surface area (TPSA) is 80.8 Å². The first-order valence-electron chi connectivity index (χ1n) is 8.93. The van der Waals surface area contributed by atoms with Crippen molar-refractivity contribution in [3.05, 3.63) is 65.9 Å². The number of hydrogen-bond acceptors (Lipinski definition) is 5. The maximum Gasteiger partial charge on any atom is 0.325 e. The number of fused-ring (bicyclic) bond motifs is 2. The van der Waals surface area contributed by atoms with E-state index in [1.54, 1.807) is 25.1 Å². The number of nitrogens with zero attached hydrogens (tertiary/aromatic N) is 2. The molecule has 0 saturated carbocycles. The fraction of sp³-hybridized carbons (Fsp3) is 0.190. The highest BCUT2D eigenvalue weighted by Crippen LogP contribution is 2.38. The number of benzene rings is 2. The van der Waals surface area contributed by atoms with E-state index >= 15 is 0 Å². The van der Waals surface area contributed by atoms with Crippen LogP contribution in [-0.4, -0.2) is 28.6 Å². The number of nitrogens with one attached hydrogen (secondary N) is 1. The first kappa shape index (κ1) is 16.6. The van der Waals surface area contributed by atoms with E-state index in [9.17, 15) is 9.59 Å². The molecule has 1 aromatic heterocycles. The highest BCUT2D eigenvalue weighted by molar-refractivity contribution is 6.07. The Morgan fingerprint density at radius 2 is 1.89 bits per heavy atom. The molecule has 2 aliphatic heterocycles. The summed E-state index contributed by atoms with van der Waals surface area (Å²) >= 11 is 0. The molecule has 140 valence electrons. The van der Waals surface area contributed by atoms with E-state index in [1.807, 2.05) is 36.4 Å². The van der Waals surface area contributed by atoms with Gasteiger partial charge in [0.2, 0.25) is 6.79 Å². The Morgan fingerprint density at radius 1 is 1.07 bits per heavy atom. The number of pyridine rings is 1. The predicted octanol–water partition coefficient (Wildman–Crippen LogP) is 2.93. The van der Waals surface area contributed by atoms with Gasteiger partial charge in [0.05, 0.1) is 17.8 Å². The Kier molecular flexibility index (Phi) is 3.52. The second kappa shape index (κ2) is 5.95. The summed E-state index contributed by atoms with van der Waals surface area (Å²) in [5.74, 6) is 0.864. The molecular formula is C21H17N3O4. The first-order valence-corrected chi connectivity index (χ1v) is 8.93. The van der Waals surface area contributed by atoms with Crippen molar-refractivity contribution >= 4 is 22.8 Å². The van der Waals surface area contributed by atoms with E-state index in [1.165, 1.54) is 4.90 Å². The van der Waals surface area contributed by atoms with Gasteiger partial charge < -0.3 is 14.8 Å². The maximum absolute atomic E-state index is 13.1. The summed E-state index contributed by atoms with van der Waals surface area (Å²) < 4.78 is 10.7. The van der Waals surface area contributed by atoms with E-state index in [4.69, 9.17) is 9.47 Å². The minimum atomic E-state index is -1.17. The van der Waals surface area contributed by atoms with Crippen LogP contribution in [-0.2, 0) is 16.9 Å². The summed E-state index contributed by atoms with van der Waals surface area (Å²) in [5.41, 5.74) is 0.946. The number of carbonyl (C=O) groups excluding carboxylic acids is 2. The fourth-order valence-corrected chi connectivity index (χ4v) is 3.60. The van der Waals surface area contributed by atoms with Gasteiger partial charge in [-0.1, -0.05) is 30.3 Å². The zero-order valence-corrected chi connectivity index (χ0v) is 15.1. The summed E-state index contributed by atoms with van der Waals surface area (Å²) in [5, 5.41) is 3.82. The molecule has 7 nitrogen and oxygen atoms in total. The molecule has 1 fully saturated rings. The van der Waals surface area contributed by atoms with Gasteiger partial charge in [0.1, 0.15) is 5.54 Å². The molecule has 0 radical (unpaired) electrons. The summed E-state index contributed by atoms with van der Waals surface area (Å²) in [6.45, 7) is 1.95. The van der Waals surface area contributed by atoms with Crippen LogP contribution in [0.5, 0.6) is 11.5 Å². The molecular weight excluding hydrogens is 358 g/mol. The van der Waals surface area contributed by atoms with Gasteiger partial charge in [0, 0.05) is 5.39 Å². The van der Waals surface area contributed by atoms with Gasteiger partial charge >= 0.3 is 6.03 Å². The van der Waals surface area contributed by atoms with E-state index in [2.05, 4.69) is 10.3 Å². The van der Waals surface area contributed by atoms with Crippen molar-refractivity contribution in [1.29, 1.82) is 0 Å². The number of aromatic nitrogens is 1. The zero-order valence-electron chi connectivity index (χ0n) is 15.1. The molecule has 7 heteroatoms. The molecule has 2 aromatic carbocycles. The minimum Gasteiger partial charge on any atom is -0.454 e. The average molecular weight is 375 g/mol. The van der Waals surface area contributed by atoms with Crippen LogP contribution in [0.3, 0.4) is 0 Å². The van der Waals surface area contributed by atoms with E-state index in [0.717, 1.165) is 10.9 Å². The van der Waals surface area contributed by atoms with Gasteiger partial charge in [0.15, 0.2) is 11.5 Å². The standard InChI is InChI=1S/C21H17N3O4/c1-21(14-7-9-17-18(10-14)28-12-27-17)19(25)24(20(26)23-21)11-15-8-6-13-4-2-3-5-16(13)22-15/h2-10H,11-12H2,1H3,(H,23,26)/t21-/m0/s1. The average Bonchev–Trinajstić information content (AvgIpc) is 3.26. The van der Waals surface area contributed by atoms with Gasteiger partial charge in [-0.2, -0.15) is 0 Å². The normalized spacial score (nSPS) is 20.7. The number of urea groups is 1. The van der Waals surface area contributed by atoms with Crippen molar-refractivity contribution < 1.29 is 19.1 Å². The molecule has 1 saturated heterocycles. The quantitative estimate of drug-likeness (QED) is 0.712. The lowest BCUT2D eigenvalue weighted by atomic mass is 9.91. The lowest BCUT2D eigenvalue weighted by molar-refractivity contribution is -0.131. The Bertz CT molecular complexity index is 1130. The largest absolute Gasteiger partial charge is 0.454 e. The van der Waals surface area contributed by atoms with Crippen molar-refractivity contribution in [2.75, 3.05) is 6.79 Å². The molecule has 0 bridgehead atoms. The number of imide groups is 1. The Balaban J connectivity index is 1.45. The molecule has 28 heavy (non-hydrogen) atoms. The van der Waals surface area contributed by atoms with Crippen molar-refractivity contribution in [2.45, 2.75) is 19.0 Å². The van der Waals surface area contributed by atoms with Crippen LogP contribution in [0.25, 0.3) is 10.9 Å². The minimum absolute atomic E-state index is 0.107. The summed E-state index contributed by atoms with van der Waals surface area (Å²) in [7, 11) is 0. The van der Waals surface area contributed by atoms with Crippen molar-refractivity contribution in [3.63, 3.8) is 0 Å².